The van der Waals surface area contributed by atoms with Crippen molar-refractivity contribution in [3.8, 4) is 0 Å². The predicted molar refractivity (Wildman–Crippen MR) is 73.2 cm³/mol. The molecule has 0 unspecified atom stereocenters. The van der Waals surface area contributed by atoms with Crippen molar-refractivity contribution in [2.24, 2.45) is 5.92 Å². The van der Waals surface area contributed by atoms with E-state index in [-0.39, 0.29) is 5.92 Å². The van der Waals surface area contributed by atoms with E-state index in [0.717, 1.165) is 11.8 Å². The third-order valence-electron chi connectivity index (χ3n) is 3.09. The van der Waals surface area contributed by atoms with E-state index in [9.17, 15) is 14.4 Å². The number of alkyl halides is 1. The second-order valence-electron chi connectivity index (χ2n) is 4.77. The standard InChI is InChI=1S/C13H19BrO6/c1-7(15)18-11-6-10(4-5-14)12(19-8(2)16)13(11)20-9(3)17/h10-13H,4-6H2,1-3H3/t10-,11+,12+,13+/m0/s1. The van der Waals surface area contributed by atoms with Crippen LogP contribution >= 0.6 is 15.9 Å². The highest BCUT2D eigenvalue weighted by Gasteiger charge is 2.49. The van der Waals surface area contributed by atoms with Crippen LogP contribution in [0.25, 0.3) is 0 Å². The highest BCUT2D eigenvalue weighted by Crippen LogP contribution is 2.36. The van der Waals surface area contributed by atoms with Crippen molar-refractivity contribution in [2.45, 2.75) is 51.9 Å². The summed E-state index contributed by atoms with van der Waals surface area (Å²) in [6, 6.07) is 0. The van der Waals surface area contributed by atoms with Crippen molar-refractivity contribution < 1.29 is 28.6 Å². The maximum absolute atomic E-state index is 11.2. The second-order valence-corrected chi connectivity index (χ2v) is 5.56. The molecule has 1 fully saturated rings. The van der Waals surface area contributed by atoms with Crippen LogP contribution in [0.2, 0.25) is 0 Å². The number of hydrogen-bond donors (Lipinski definition) is 0. The van der Waals surface area contributed by atoms with Gasteiger partial charge in [-0.3, -0.25) is 14.4 Å². The minimum Gasteiger partial charge on any atom is -0.458 e. The van der Waals surface area contributed by atoms with Gasteiger partial charge in [-0.25, -0.2) is 0 Å². The summed E-state index contributed by atoms with van der Waals surface area (Å²) in [6.45, 7) is 3.87. The zero-order valence-corrected chi connectivity index (χ0v) is 13.3. The van der Waals surface area contributed by atoms with E-state index in [1.54, 1.807) is 0 Å². The molecule has 0 aromatic rings. The fourth-order valence-corrected chi connectivity index (χ4v) is 3.07. The molecule has 0 amide bonds. The molecule has 6 nitrogen and oxygen atoms in total. The Morgan fingerprint density at radius 1 is 0.950 bits per heavy atom. The number of ether oxygens (including phenoxy) is 3. The summed E-state index contributed by atoms with van der Waals surface area (Å²) in [7, 11) is 0. The topological polar surface area (TPSA) is 78.9 Å². The molecule has 0 aromatic heterocycles. The molecule has 1 saturated carbocycles. The van der Waals surface area contributed by atoms with Gasteiger partial charge in [0.15, 0.2) is 6.10 Å². The van der Waals surface area contributed by atoms with Gasteiger partial charge in [0.2, 0.25) is 0 Å². The van der Waals surface area contributed by atoms with Gasteiger partial charge < -0.3 is 14.2 Å². The zero-order valence-electron chi connectivity index (χ0n) is 11.8. The second kappa shape index (κ2) is 7.61. The average Bonchev–Trinajstić information content (AvgIpc) is 2.57. The summed E-state index contributed by atoms with van der Waals surface area (Å²) < 4.78 is 15.7. The lowest BCUT2D eigenvalue weighted by Gasteiger charge is -2.25. The Hall–Kier alpha value is -1.11. The van der Waals surface area contributed by atoms with Crippen LogP contribution in [-0.2, 0) is 28.6 Å². The van der Waals surface area contributed by atoms with Gasteiger partial charge in [-0.2, -0.15) is 0 Å². The molecular formula is C13H19BrO6. The van der Waals surface area contributed by atoms with Crippen molar-refractivity contribution >= 4 is 33.8 Å². The molecule has 0 bridgehead atoms. The van der Waals surface area contributed by atoms with Gasteiger partial charge in [-0.15, -0.1) is 0 Å². The molecule has 0 heterocycles. The highest BCUT2D eigenvalue weighted by molar-refractivity contribution is 9.09. The Bertz CT molecular complexity index is 383. The number of rotatable bonds is 5. The van der Waals surface area contributed by atoms with E-state index in [1.165, 1.54) is 20.8 Å². The molecule has 0 saturated heterocycles. The number of halogens is 1. The highest BCUT2D eigenvalue weighted by atomic mass is 79.9. The van der Waals surface area contributed by atoms with Gasteiger partial charge in [0.05, 0.1) is 0 Å². The molecule has 7 heteroatoms. The van der Waals surface area contributed by atoms with Crippen molar-refractivity contribution in [3.63, 3.8) is 0 Å². The molecule has 1 aliphatic carbocycles. The number of carbonyl (C=O) groups is 3. The van der Waals surface area contributed by atoms with E-state index in [0.29, 0.717) is 6.42 Å². The van der Waals surface area contributed by atoms with Crippen LogP contribution in [0.4, 0.5) is 0 Å². The molecule has 1 aliphatic rings. The molecule has 0 radical (unpaired) electrons. The first-order valence-corrected chi connectivity index (χ1v) is 7.55. The number of carbonyl (C=O) groups excluding carboxylic acids is 3. The van der Waals surface area contributed by atoms with Crippen molar-refractivity contribution in [3.05, 3.63) is 0 Å². The monoisotopic (exact) mass is 350 g/mol. The maximum Gasteiger partial charge on any atom is 0.303 e. The van der Waals surface area contributed by atoms with Crippen molar-refractivity contribution in [1.82, 2.24) is 0 Å². The number of esters is 3. The molecule has 1 rings (SSSR count). The Balaban J connectivity index is 2.92. The largest absolute Gasteiger partial charge is 0.458 e. The summed E-state index contributed by atoms with van der Waals surface area (Å²) in [6.07, 6.45) is -0.679. The van der Waals surface area contributed by atoms with Crippen LogP contribution in [0.15, 0.2) is 0 Å². The quantitative estimate of drug-likeness (QED) is 0.425. The summed E-state index contributed by atoms with van der Waals surface area (Å²) in [5.74, 6) is -1.42. The van der Waals surface area contributed by atoms with E-state index in [4.69, 9.17) is 14.2 Å². The summed E-state index contributed by atoms with van der Waals surface area (Å²) in [5, 5.41) is 0.717. The molecule has 4 atom stereocenters. The van der Waals surface area contributed by atoms with E-state index >= 15 is 0 Å². The van der Waals surface area contributed by atoms with E-state index in [1.807, 2.05) is 0 Å². The van der Waals surface area contributed by atoms with Gasteiger partial charge >= 0.3 is 17.9 Å². The zero-order chi connectivity index (χ0) is 15.3. The SMILES string of the molecule is CC(=O)O[C@@H]1[C@@H](CCBr)C[C@@H](OC(C)=O)[C@H]1OC(C)=O. The fraction of sp³-hybridized carbons (Fsp3) is 0.769. The van der Waals surface area contributed by atoms with Crippen LogP contribution in [0.3, 0.4) is 0 Å². The molecule has 0 aromatic carbocycles. The van der Waals surface area contributed by atoms with Gasteiger partial charge in [0.25, 0.3) is 0 Å². The van der Waals surface area contributed by atoms with Gasteiger partial charge in [-0.05, 0) is 12.8 Å². The molecule has 0 aliphatic heterocycles. The van der Waals surface area contributed by atoms with Gasteiger partial charge in [0, 0.05) is 32.0 Å². The van der Waals surface area contributed by atoms with E-state index in [2.05, 4.69) is 15.9 Å². The Morgan fingerprint density at radius 3 is 1.90 bits per heavy atom. The summed E-state index contributed by atoms with van der Waals surface area (Å²) in [4.78, 5) is 33.6. The van der Waals surface area contributed by atoms with Crippen molar-refractivity contribution in [1.29, 1.82) is 0 Å². The number of hydrogen-bond acceptors (Lipinski definition) is 6. The lowest BCUT2D eigenvalue weighted by Crippen LogP contribution is -2.39. The van der Waals surface area contributed by atoms with Crippen molar-refractivity contribution in [2.75, 3.05) is 5.33 Å². The minimum atomic E-state index is -0.746. The molecule has 20 heavy (non-hydrogen) atoms. The Kier molecular flexibility index (Phi) is 6.45. The lowest BCUT2D eigenvalue weighted by molar-refractivity contribution is -0.175. The molecule has 114 valence electrons. The van der Waals surface area contributed by atoms with Gasteiger partial charge in [0.1, 0.15) is 12.2 Å². The normalized spacial score (nSPS) is 28.8. The van der Waals surface area contributed by atoms with Crippen LogP contribution in [0, 0.1) is 5.92 Å². The maximum atomic E-state index is 11.2. The van der Waals surface area contributed by atoms with E-state index < -0.39 is 36.2 Å². The predicted octanol–water partition coefficient (Wildman–Crippen LogP) is 1.59. The van der Waals surface area contributed by atoms with Crippen LogP contribution in [0.1, 0.15) is 33.6 Å². The average molecular weight is 351 g/mol. The smallest absolute Gasteiger partial charge is 0.303 e. The lowest BCUT2D eigenvalue weighted by atomic mass is 10.0. The Morgan fingerprint density at radius 2 is 1.45 bits per heavy atom. The van der Waals surface area contributed by atoms with Crippen LogP contribution in [0.5, 0.6) is 0 Å². The summed E-state index contributed by atoms with van der Waals surface area (Å²) in [5.41, 5.74) is 0. The molecule has 0 spiro atoms. The molecule has 0 N–H and O–H groups in total. The van der Waals surface area contributed by atoms with Crippen LogP contribution in [-0.4, -0.2) is 41.5 Å². The first kappa shape index (κ1) is 16.9. The first-order valence-electron chi connectivity index (χ1n) is 6.42. The summed E-state index contributed by atoms with van der Waals surface area (Å²) >= 11 is 3.34. The van der Waals surface area contributed by atoms with Gasteiger partial charge in [-0.1, -0.05) is 15.9 Å². The van der Waals surface area contributed by atoms with Crippen LogP contribution < -0.4 is 0 Å². The third kappa shape index (κ3) is 4.77. The fourth-order valence-electron chi connectivity index (χ4n) is 2.49. The first-order chi connectivity index (χ1) is 9.35. The molecular weight excluding hydrogens is 332 g/mol. The minimum absolute atomic E-state index is 0.0213. The third-order valence-corrected chi connectivity index (χ3v) is 3.55. The Labute approximate surface area is 126 Å².